The monoisotopic (exact) mass is 911 g/mol. The Morgan fingerprint density at radius 3 is 2.27 bits per heavy atom. The topological polar surface area (TPSA) is 118 Å². The van der Waals surface area contributed by atoms with Crippen molar-refractivity contribution in [2.75, 3.05) is 44.5 Å². The number of terminal acetylenes is 1. The fourth-order valence-corrected chi connectivity index (χ4v) is 11.0. The molecule has 11 nitrogen and oxygen atoms in total. The summed E-state index contributed by atoms with van der Waals surface area (Å²) in [5.41, 5.74) is -0.411. The van der Waals surface area contributed by atoms with Crippen molar-refractivity contribution in [3.8, 4) is 35.2 Å². The number of nitrogens with zero attached hydrogens (tertiary/aromatic N) is 5. The standard InChI is InChI=1S/C52H64F3N5O6/c1-3-5-6-7-8-9-10-11-12-13-14-15-16-18-45(62)65-34-66-51(63)60-37-20-21-38(60)32-58(31-37)49-42-23-22-41(43-28-39(61)27-35-19-24-44(54)40(4-2)46(35)43)47(55)48(42)56-50(57-49)64-33-52-25-17-26-59(52)30-36(53)29-52/h2,19,22-24,27-28,36-38,61H,3,5-18,20-21,25-26,29-34H2,1H3/t36-,37-,38+,52+/m1/s1. The highest BCUT2D eigenvalue weighted by Gasteiger charge is 2.50. The summed E-state index contributed by atoms with van der Waals surface area (Å²) in [7, 11) is 0. The van der Waals surface area contributed by atoms with Gasteiger partial charge < -0.3 is 24.2 Å². The first-order chi connectivity index (χ1) is 32.1. The summed E-state index contributed by atoms with van der Waals surface area (Å²) in [6.07, 6.45) is 23.7. The number of anilines is 1. The molecule has 0 radical (unpaired) electrons. The number of carbonyl (C=O) groups is 2. The molecule has 4 atom stereocenters. The Kier molecular flexibility index (Phi) is 15.4. The number of piperazine rings is 1. The lowest BCUT2D eigenvalue weighted by Gasteiger charge is -2.41. The maximum absolute atomic E-state index is 17.2. The minimum Gasteiger partial charge on any atom is -0.508 e. The fourth-order valence-electron chi connectivity index (χ4n) is 11.0. The lowest BCUT2D eigenvalue weighted by Crippen LogP contribution is -2.56. The van der Waals surface area contributed by atoms with Gasteiger partial charge in [0.05, 0.1) is 23.2 Å². The summed E-state index contributed by atoms with van der Waals surface area (Å²) < 4.78 is 64.1. The molecule has 4 fully saturated rings. The van der Waals surface area contributed by atoms with E-state index >= 15 is 8.78 Å². The van der Waals surface area contributed by atoms with Crippen LogP contribution in [-0.2, 0) is 14.3 Å². The highest BCUT2D eigenvalue weighted by Crippen LogP contribution is 2.43. The molecular weight excluding hydrogens is 848 g/mol. The minimum atomic E-state index is -0.976. The molecule has 0 saturated carbocycles. The number of rotatable bonds is 21. The molecule has 66 heavy (non-hydrogen) atoms. The van der Waals surface area contributed by atoms with E-state index in [4.69, 9.17) is 25.6 Å². The Morgan fingerprint density at radius 1 is 0.879 bits per heavy atom. The van der Waals surface area contributed by atoms with E-state index in [0.29, 0.717) is 55.5 Å². The van der Waals surface area contributed by atoms with Crippen molar-refractivity contribution in [2.45, 2.75) is 153 Å². The van der Waals surface area contributed by atoms with Gasteiger partial charge in [0.1, 0.15) is 35.7 Å². The number of unbranched alkanes of at least 4 members (excludes halogenated alkanes) is 12. The number of ether oxygens (including phenoxy) is 3. The number of fused-ring (bicyclic) bond motifs is 5. The van der Waals surface area contributed by atoms with Crippen LogP contribution in [0.15, 0.2) is 36.4 Å². The van der Waals surface area contributed by atoms with Gasteiger partial charge in [-0.1, -0.05) is 102 Å². The Balaban J connectivity index is 0.925. The van der Waals surface area contributed by atoms with Gasteiger partial charge in [0.2, 0.25) is 6.79 Å². The number of carbonyl (C=O) groups excluding carboxylic acids is 2. The fraction of sp³-hybridized carbons (Fsp3) is 0.577. The summed E-state index contributed by atoms with van der Waals surface area (Å²) in [5.74, 6) is 0.849. The van der Waals surface area contributed by atoms with Gasteiger partial charge >= 0.3 is 18.1 Å². The number of phenols is 1. The number of aromatic nitrogens is 2. The largest absolute Gasteiger partial charge is 0.508 e. The smallest absolute Gasteiger partial charge is 0.413 e. The SMILES string of the molecule is C#Cc1c(F)ccc2cc(O)cc(-c3ccc4c(N5C[C@H]6CC[C@@H](C5)N6C(=O)OCOC(=O)CCCCCCCCCCCCCCC)nc(OC[C@@]56CCCN5C[C@H](F)C6)nc4c3F)c12. The second-order valence-corrected chi connectivity index (χ2v) is 18.9. The number of phenolic OH excluding ortho intramolecular Hbond substituents is 1. The van der Waals surface area contributed by atoms with Crippen LogP contribution in [0.4, 0.5) is 23.8 Å². The second-order valence-electron chi connectivity index (χ2n) is 18.9. The Morgan fingerprint density at radius 2 is 1.58 bits per heavy atom. The summed E-state index contributed by atoms with van der Waals surface area (Å²) in [4.78, 5) is 41.3. The summed E-state index contributed by atoms with van der Waals surface area (Å²) in [6.45, 7) is 3.71. The van der Waals surface area contributed by atoms with Crippen molar-refractivity contribution in [1.29, 1.82) is 0 Å². The quantitative estimate of drug-likeness (QED) is 0.0375. The van der Waals surface area contributed by atoms with E-state index in [1.807, 2.05) is 4.90 Å². The number of hydrogen-bond acceptors (Lipinski definition) is 10. The number of hydrogen-bond donors (Lipinski definition) is 1. The van der Waals surface area contributed by atoms with Crippen molar-refractivity contribution >= 4 is 39.6 Å². The molecule has 4 aliphatic heterocycles. The van der Waals surface area contributed by atoms with Crippen molar-refractivity contribution < 1.29 is 42.1 Å². The van der Waals surface area contributed by atoms with Crippen LogP contribution in [0.25, 0.3) is 32.8 Å². The van der Waals surface area contributed by atoms with E-state index in [2.05, 4.69) is 22.7 Å². The Labute approximate surface area is 386 Å². The molecule has 3 aromatic carbocycles. The van der Waals surface area contributed by atoms with Crippen LogP contribution in [-0.4, -0.2) is 100 Å². The average Bonchev–Trinajstić information content (AvgIpc) is 3.93. The van der Waals surface area contributed by atoms with Crippen LogP contribution < -0.4 is 9.64 Å². The highest BCUT2D eigenvalue weighted by molar-refractivity contribution is 6.04. The first-order valence-corrected chi connectivity index (χ1v) is 24.4. The molecule has 0 unspecified atom stereocenters. The van der Waals surface area contributed by atoms with Crippen molar-refractivity contribution in [3.63, 3.8) is 0 Å². The van der Waals surface area contributed by atoms with Crippen LogP contribution >= 0.6 is 0 Å². The number of alkyl halides is 1. The van der Waals surface area contributed by atoms with E-state index in [-0.39, 0.29) is 70.4 Å². The Hall–Kier alpha value is -5.29. The average molecular weight is 912 g/mol. The molecule has 2 bridgehead atoms. The van der Waals surface area contributed by atoms with Crippen molar-refractivity contribution in [2.24, 2.45) is 0 Å². The number of amides is 1. The van der Waals surface area contributed by atoms with Crippen LogP contribution in [0.5, 0.6) is 11.8 Å². The van der Waals surface area contributed by atoms with Gasteiger partial charge in [-0.3, -0.25) is 14.6 Å². The number of halogens is 3. The van der Waals surface area contributed by atoms with Crippen LogP contribution in [0.2, 0.25) is 0 Å². The third kappa shape index (κ3) is 10.5. The summed E-state index contributed by atoms with van der Waals surface area (Å²) >= 11 is 0. The van der Waals surface area contributed by atoms with Gasteiger partial charge in [0.25, 0.3) is 0 Å². The van der Waals surface area contributed by atoms with Gasteiger partial charge in [-0.2, -0.15) is 9.97 Å². The molecule has 0 spiro atoms. The molecule has 4 saturated heterocycles. The molecule has 1 amide bonds. The maximum atomic E-state index is 17.2. The zero-order valence-corrected chi connectivity index (χ0v) is 38.3. The van der Waals surface area contributed by atoms with Crippen LogP contribution in [0.1, 0.15) is 134 Å². The van der Waals surface area contributed by atoms with Gasteiger partial charge in [0.15, 0.2) is 5.82 Å². The molecule has 14 heteroatoms. The maximum Gasteiger partial charge on any atom is 0.413 e. The van der Waals surface area contributed by atoms with E-state index in [0.717, 1.165) is 38.6 Å². The van der Waals surface area contributed by atoms with E-state index in [1.165, 1.54) is 88.5 Å². The van der Waals surface area contributed by atoms with E-state index < -0.39 is 36.2 Å². The third-order valence-corrected chi connectivity index (χ3v) is 14.4. The predicted molar refractivity (Wildman–Crippen MR) is 249 cm³/mol. The first-order valence-electron chi connectivity index (χ1n) is 24.4. The zero-order chi connectivity index (χ0) is 46.2. The molecule has 5 heterocycles. The predicted octanol–water partition coefficient (Wildman–Crippen LogP) is 11.1. The van der Waals surface area contributed by atoms with E-state index in [1.54, 1.807) is 17.0 Å². The normalized spacial score (nSPS) is 21.4. The van der Waals surface area contributed by atoms with Crippen LogP contribution in [0.3, 0.4) is 0 Å². The summed E-state index contributed by atoms with van der Waals surface area (Å²) in [5, 5.41) is 11.8. The second kappa shape index (κ2) is 21.6. The van der Waals surface area contributed by atoms with Crippen LogP contribution in [0, 0.1) is 24.0 Å². The van der Waals surface area contributed by atoms with Crippen molar-refractivity contribution in [3.05, 3.63) is 53.6 Å². The highest BCUT2D eigenvalue weighted by atomic mass is 19.1. The summed E-state index contributed by atoms with van der Waals surface area (Å²) in [6, 6.07) is 8.11. The zero-order valence-electron chi connectivity index (χ0n) is 38.3. The molecule has 1 aromatic heterocycles. The third-order valence-electron chi connectivity index (χ3n) is 14.4. The number of esters is 1. The molecule has 8 rings (SSSR count). The number of aromatic hydroxyl groups is 1. The lowest BCUT2D eigenvalue weighted by molar-refractivity contribution is -0.152. The van der Waals surface area contributed by atoms with E-state index in [9.17, 15) is 19.1 Å². The molecule has 1 N–H and O–H groups in total. The molecule has 0 aliphatic carbocycles. The minimum absolute atomic E-state index is 0.0374. The van der Waals surface area contributed by atoms with Gasteiger partial charge in [-0.25, -0.2) is 18.0 Å². The van der Waals surface area contributed by atoms with Gasteiger partial charge in [-0.15, -0.1) is 6.42 Å². The Bertz CT molecular complexity index is 2400. The molecule has 4 aliphatic rings. The van der Waals surface area contributed by atoms with Crippen molar-refractivity contribution in [1.82, 2.24) is 19.8 Å². The first kappa shape index (κ1) is 47.2. The lowest BCUT2D eigenvalue weighted by atomic mass is 9.93. The van der Waals surface area contributed by atoms with Gasteiger partial charge in [-0.05, 0) is 73.9 Å². The molecular formula is C52H64F3N5O6. The molecule has 354 valence electrons. The number of benzene rings is 3. The van der Waals surface area contributed by atoms with Gasteiger partial charge in [0, 0.05) is 48.8 Å². The molecule has 4 aromatic rings.